The van der Waals surface area contributed by atoms with Crippen LogP contribution < -0.4 is 4.90 Å². The average Bonchev–Trinajstić information content (AvgIpc) is 3.10. The Hall–Kier alpha value is -2.38. The zero-order valence-electron chi connectivity index (χ0n) is 21.9. The Morgan fingerprint density at radius 3 is 1.52 bits per heavy atom. The molecule has 1 aliphatic heterocycles. The van der Waals surface area contributed by atoms with Crippen LogP contribution in [-0.2, 0) is 5.41 Å². The molecule has 1 nitrogen and oxygen atoms in total. The summed E-state index contributed by atoms with van der Waals surface area (Å²) in [5, 5.41) is 0. The second-order valence-corrected chi connectivity index (χ2v) is 12.3. The highest BCUT2D eigenvalue weighted by Gasteiger charge is 2.56. The van der Waals surface area contributed by atoms with Crippen molar-refractivity contribution in [2.45, 2.75) is 67.2 Å². The summed E-state index contributed by atoms with van der Waals surface area (Å²) < 4.78 is 0. The fraction of sp³-hybridized carbons (Fsp3) is 0.438. The van der Waals surface area contributed by atoms with Gasteiger partial charge in [-0.2, -0.15) is 0 Å². The van der Waals surface area contributed by atoms with Crippen LogP contribution in [0, 0.1) is 16.2 Å². The molecule has 0 aromatic heterocycles. The van der Waals surface area contributed by atoms with E-state index in [0.29, 0.717) is 0 Å². The van der Waals surface area contributed by atoms with Crippen molar-refractivity contribution in [3.8, 4) is 11.1 Å². The van der Waals surface area contributed by atoms with Gasteiger partial charge in [-0.3, -0.25) is 4.90 Å². The minimum Gasteiger partial charge on any atom is -0.269 e. The Balaban J connectivity index is 1.74. The van der Waals surface area contributed by atoms with Gasteiger partial charge in [0.2, 0.25) is 0 Å². The second-order valence-electron chi connectivity index (χ2n) is 12.3. The van der Waals surface area contributed by atoms with E-state index < -0.39 is 0 Å². The highest BCUT2D eigenvalue weighted by Crippen LogP contribution is 2.61. The van der Waals surface area contributed by atoms with Crippen LogP contribution in [0.5, 0.6) is 0 Å². The SMILES string of the molecule is CC(C)(C)C(C)(C)C(C)(c1ccccc1)C(C)(C)CC[NH+]1c2ccccc2-c2ccccc21. The maximum Gasteiger partial charge on any atom is 0.144 e. The number of hydrogen-bond donors (Lipinski definition) is 1. The summed E-state index contributed by atoms with van der Waals surface area (Å²) in [7, 11) is 0. The van der Waals surface area contributed by atoms with Crippen molar-refractivity contribution in [2.24, 2.45) is 16.2 Å². The molecule has 0 amide bonds. The third kappa shape index (κ3) is 3.66. The molecule has 0 fully saturated rings. The van der Waals surface area contributed by atoms with Gasteiger partial charge in [0.1, 0.15) is 11.4 Å². The average molecular weight is 441 g/mol. The lowest BCUT2D eigenvalue weighted by Gasteiger charge is -2.60. The molecular formula is C32H42N+. The maximum absolute atomic E-state index is 2.52. The number of benzene rings is 3. The molecule has 1 aliphatic rings. The minimum absolute atomic E-state index is 0.00227. The third-order valence-corrected chi connectivity index (χ3v) is 9.62. The van der Waals surface area contributed by atoms with E-state index in [1.165, 1.54) is 33.0 Å². The number of fused-ring (bicyclic) bond motifs is 3. The molecule has 0 radical (unpaired) electrons. The number of para-hydroxylation sites is 2. The largest absolute Gasteiger partial charge is 0.269 e. The number of quaternary nitrogens is 1. The van der Waals surface area contributed by atoms with Gasteiger partial charge >= 0.3 is 0 Å². The minimum atomic E-state index is -0.00227. The first-order chi connectivity index (χ1) is 15.4. The van der Waals surface area contributed by atoms with E-state index in [1.807, 2.05) is 0 Å². The quantitative estimate of drug-likeness (QED) is 0.396. The van der Waals surface area contributed by atoms with E-state index in [-0.39, 0.29) is 21.7 Å². The van der Waals surface area contributed by atoms with E-state index >= 15 is 0 Å². The Labute approximate surface area is 201 Å². The number of nitrogens with one attached hydrogen (secondary N) is 1. The fourth-order valence-corrected chi connectivity index (χ4v) is 6.18. The van der Waals surface area contributed by atoms with Crippen molar-refractivity contribution >= 4 is 11.4 Å². The summed E-state index contributed by atoms with van der Waals surface area (Å²) in [6.45, 7) is 20.8. The molecule has 3 aromatic carbocycles. The summed E-state index contributed by atoms with van der Waals surface area (Å²) >= 11 is 0. The molecule has 1 unspecified atom stereocenters. The highest BCUT2D eigenvalue weighted by atomic mass is 15.2. The number of rotatable bonds is 6. The summed E-state index contributed by atoms with van der Waals surface area (Å²) in [4.78, 5) is 1.51. The molecule has 174 valence electrons. The van der Waals surface area contributed by atoms with Gasteiger partial charge in [-0.05, 0) is 33.9 Å². The van der Waals surface area contributed by atoms with Crippen LogP contribution in [0.3, 0.4) is 0 Å². The van der Waals surface area contributed by atoms with E-state index in [4.69, 9.17) is 0 Å². The molecular weight excluding hydrogens is 398 g/mol. The predicted octanol–water partition coefficient (Wildman–Crippen LogP) is 7.96. The summed E-state index contributed by atoms with van der Waals surface area (Å²) in [6, 6.07) is 29.2. The van der Waals surface area contributed by atoms with Gasteiger partial charge in [0.15, 0.2) is 0 Å². The van der Waals surface area contributed by atoms with Gasteiger partial charge in [0.05, 0.1) is 6.54 Å². The Morgan fingerprint density at radius 1 is 0.576 bits per heavy atom. The zero-order valence-corrected chi connectivity index (χ0v) is 21.9. The molecule has 33 heavy (non-hydrogen) atoms. The van der Waals surface area contributed by atoms with Crippen molar-refractivity contribution in [2.75, 3.05) is 6.54 Å². The molecule has 0 saturated carbocycles. The first-order valence-corrected chi connectivity index (χ1v) is 12.5. The smallest absolute Gasteiger partial charge is 0.144 e. The lowest BCUT2D eigenvalue weighted by atomic mass is 9.44. The predicted molar refractivity (Wildman–Crippen MR) is 142 cm³/mol. The molecule has 3 aromatic rings. The van der Waals surface area contributed by atoms with Gasteiger partial charge < -0.3 is 0 Å². The standard InChI is InChI=1S/C32H41N/c1-29(2,3)31(6,7)32(8,24-16-10-9-11-17-24)30(4,5)22-23-33-27-20-14-12-18-25(27)26-19-13-15-21-28(26)33/h9-21H,22-23H2,1-8H3/p+1. The van der Waals surface area contributed by atoms with Crippen LogP contribution >= 0.6 is 0 Å². The van der Waals surface area contributed by atoms with Crippen LogP contribution in [0.1, 0.15) is 67.4 Å². The van der Waals surface area contributed by atoms with Gasteiger partial charge in [0.25, 0.3) is 0 Å². The Kier molecular flexibility index (Phi) is 5.86. The topological polar surface area (TPSA) is 4.44 Å². The lowest BCUT2D eigenvalue weighted by Crippen LogP contribution is -3.01. The summed E-state index contributed by atoms with van der Waals surface area (Å²) in [5.74, 6) is 0. The van der Waals surface area contributed by atoms with E-state index in [0.717, 1.165) is 13.0 Å². The van der Waals surface area contributed by atoms with Crippen molar-refractivity contribution in [1.29, 1.82) is 0 Å². The first-order valence-electron chi connectivity index (χ1n) is 12.5. The van der Waals surface area contributed by atoms with Gasteiger partial charge in [-0.1, -0.05) is 110 Å². The summed E-state index contributed by atoms with van der Waals surface area (Å²) in [6.07, 6.45) is 1.13. The van der Waals surface area contributed by atoms with Gasteiger partial charge in [-0.15, -0.1) is 0 Å². The van der Waals surface area contributed by atoms with Crippen molar-refractivity contribution in [3.05, 3.63) is 84.4 Å². The van der Waals surface area contributed by atoms with E-state index in [9.17, 15) is 0 Å². The van der Waals surface area contributed by atoms with Crippen LogP contribution in [0.15, 0.2) is 78.9 Å². The van der Waals surface area contributed by atoms with E-state index in [2.05, 4.69) is 134 Å². The Bertz CT molecular complexity index is 1070. The molecule has 4 rings (SSSR count). The normalized spacial score (nSPS) is 16.2. The monoisotopic (exact) mass is 440 g/mol. The van der Waals surface area contributed by atoms with Crippen LogP contribution in [0.2, 0.25) is 0 Å². The van der Waals surface area contributed by atoms with Crippen molar-refractivity contribution in [1.82, 2.24) is 0 Å². The highest BCUT2D eigenvalue weighted by molar-refractivity contribution is 5.84. The molecule has 1 heterocycles. The van der Waals surface area contributed by atoms with Gasteiger partial charge in [-0.25, -0.2) is 0 Å². The molecule has 0 bridgehead atoms. The molecule has 1 heteroatoms. The first kappa shape index (κ1) is 23.8. The fourth-order valence-electron chi connectivity index (χ4n) is 6.18. The maximum atomic E-state index is 2.52. The van der Waals surface area contributed by atoms with Gasteiger partial charge in [0, 0.05) is 35.1 Å². The second kappa shape index (κ2) is 8.13. The molecule has 0 saturated heterocycles. The van der Waals surface area contributed by atoms with Crippen LogP contribution in [0.25, 0.3) is 11.1 Å². The van der Waals surface area contributed by atoms with Crippen LogP contribution in [0.4, 0.5) is 11.4 Å². The zero-order chi connectivity index (χ0) is 24.1. The Morgan fingerprint density at radius 2 is 1.03 bits per heavy atom. The molecule has 0 spiro atoms. The third-order valence-electron chi connectivity index (χ3n) is 9.62. The molecule has 1 atom stereocenters. The van der Waals surface area contributed by atoms with Crippen molar-refractivity contribution < 1.29 is 4.90 Å². The molecule has 1 N–H and O–H groups in total. The lowest BCUT2D eigenvalue weighted by molar-refractivity contribution is -0.758. The van der Waals surface area contributed by atoms with Crippen LogP contribution in [-0.4, -0.2) is 6.54 Å². The van der Waals surface area contributed by atoms with Crippen molar-refractivity contribution in [3.63, 3.8) is 0 Å². The summed E-state index contributed by atoms with van der Waals surface area (Å²) in [5.41, 5.74) is 7.41. The number of hydrogen-bond acceptors (Lipinski definition) is 0. The molecule has 0 aliphatic carbocycles. The van der Waals surface area contributed by atoms with E-state index in [1.54, 1.807) is 0 Å².